The van der Waals surface area contributed by atoms with Gasteiger partial charge in [0.05, 0.1) is 12.2 Å². The van der Waals surface area contributed by atoms with Gasteiger partial charge in [-0.1, -0.05) is 0 Å². The Morgan fingerprint density at radius 2 is 2.47 bits per heavy atom. The molecule has 0 radical (unpaired) electrons. The Morgan fingerprint density at radius 3 is 3.12 bits per heavy atom. The molecule has 1 aromatic rings. The van der Waals surface area contributed by atoms with Crippen LogP contribution in [0.25, 0.3) is 0 Å². The minimum atomic E-state index is -0.562. The Balaban J connectivity index is 1.90. The monoisotopic (exact) mass is 236 g/mol. The molecule has 1 aliphatic rings. The quantitative estimate of drug-likeness (QED) is 0.852. The third-order valence-electron chi connectivity index (χ3n) is 2.50. The Bertz CT molecular complexity index is 425. The molecule has 0 bridgehead atoms. The molecule has 1 heterocycles. The topological polar surface area (TPSA) is 54.3 Å². The van der Waals surface area contributed by atoms with Gasteiger partial charge in [0.2, 0.25) is 0 Å². The second-order valence-corrected chi connectivity index (χ2v) is 3.76. The van der Waals surface area contributed by atoms with Gasteiger partial charge in [-0.15, -0.1) is 0 Å². The lowest BCUT2D eigenvalue weighted by Gasteiger charge is -2.23. The first-order valence-corrected chi connectivity index (χ1v) is 5.44. The molecule has 0 aliphatic carbocycles. The molecule has 2 rings (SSSR count). The number of nitrogens with one attached hydrogen (secondary N) is 1. The first-order chi connectivity index (χ1) is 8.29. The van der Waals surface area contributed by atoms with Crippen molar-refractivity contribution in [3.63, 3.8) is 0 Å². The highest BCUT2D eigenvalue weighted by molar-refractivity contribution is 5.36. The number of nitrogens with zero attached hydrogens (tertiary/aromatic N) is 1. The summed E-state index contributed by atoms with van der Waals surface area (Å²) < 4.78 is 24.1. The van der Waals surface area contributed by atoms with Crippen molar-refractivity contribution in [2.75, 3.05) is 26.3 Å². The maximum absolute atomic E-state index is 13.3. The summed E-state index contributed by atoms with van der Waals surface area (Å²) in [5, 5.41) is 11.8. The summed E-state index contributed by atoms with van der Waals surface area (Å²) in [5.74, 6) is -0.150. The summed E-state index contributed by atoms with van der Waals surface area (Å²) in [4.78, 5) is 0. The van der Waals surface area contributed by atoms with Crippen LogP contribution < -0.4 is 10.1 Å². The molecule has 0 saturated carbocycles. The number of hydrogen-bond donors (Lipinski definition) is 1. The standard InChI is InChI=1S/C12H13FN2O2/c13-12-5-10(2-1-9(12)6-14)17-8-11-7-15-3-4-16-11/h1-2,5,11,15H,3-4,7-8H2. The third kappa shape index (κ3) is 3.16. The van der Waals surface area contributed by atoms with Crippen molar-refractivity contribution in [2.45, 2.75) is 6.10 Å². The van der Waals surface area contributed by atoms with Gasteiger partial charge in [0.15, 0.2) is 0 Å². The molecule has 1 unspecified atom stereocenters. The summed E-state index contributed by atoms with van der Waals surface area (Å²) in [6.45, 7) is 2.62. The Hall–Kier alpha value is -1.64. The van der Waals surface area contributed by atoms with Gasteiger partial charge in [-0.3, -0.25) is 0 Å². The summed E-state index contributed by atoms with van der Waals surface area (Å²) in [6, 6.07) is 5.97. The van der Waals surface area contributed by atoms with E-state index in [2.05, 4.69) is 5.32 Å². The van der Waals surface area contributed by atoms with Crippen molar-refractivity contribution in [1.29, 1.82) is 5.26 Å². The fourth-order valence-corrected chi connectivity index (χ4v) is 1.59. The van der Waals surface area contributed by atoms with E-state index in [9.17, 15) is 4.39 Å². The van der Waals surface area contributed by atoms with Crippen LogP contribution in [0.3, 0.4) is 0 Å². The van der Waals surface area contributed by atoms with Crippen LogP contribution in [0.15, 0.2) is 18.2 Å². The van der Waals surface area contributed by atoms with Crippen LogP contribution >= 0.6 is 0 Å². The van der Waals surface area contributed by atoms with Crippen LogP contribution in [0.2, 0.25) is 0 Å². The van der Waals surface area contributed by atoms with E-state index in [1.54, 1.807) is 12.1 Å². The van der Waals surface area contributed by atoms with Crippen LogP contribution in [-0.2, 0) is 4.74 Å². The number of morpholine rings is 1. The maximum Gasteiger partial charge on any atom is 0.144 e. The normalized spacial score (nSPS) is 19.6. The van der Waals surface area contributed by atoms with Gasteiger partial charge < -0.3 is 14.8 Å². The predicted octanol–water partition coefficient (Wildman–Crippen LogP) is 1.06. The lowest BCUT2D eigenvalue weighted by Crippen LogP contribution is -2.41. The predicted molar refractivity (Wildman–Crippen MR) is 59.2 cm³/mol. The molecule has 1 N–H and O–H groups in total. The van der Waals surface area contributed by atoms with E-state index in [1.807, 2.05) is 0 Å². The van der Waals surface area contributed by atoms with Gasteiger partial charge >= 0.3 is 0 Å². The molecule has 4 nitrogen and oxygen atoms in total. The Labute approximate surface area is 99.0 Å². The number of nitriles is 1. The van der Waals surface area contributed by atoms with Crippen molar-refractivity contribution in [2.24, 2.45) is 0 Å². The van der Waals surface area contributed by atoms with E-state index in [-0.39, 0.29) is 11.7 Å². The Morgan fingerprint density at radius 1 is 1.59 bits per heavy atom. The number of halogens is 1. The van der Waals surface area contributed by atoms with Crippen molar-refractivity contribution in [3.05, 3.63) is 29.6 Å². The summed E-state index contributed by atoms with van der Waals surface area (Å²) in [7, 11) is 0. The molecular weight excluding hydrogens is 223 g/mol. The van der Waals surface area contributed by atoms with Gasteiger partial charge in [0.1, 0.15) is 30.3 Å². The minimum Gasteiger partial charge on any atom is -0.491 e. The van der Waals surface area contributed by atoms with E-state index in [0.717, 1.165) is 13.1 Å². The summed E-state index contributed by atoms with van der Waals surface area (Å²) >= 11 is 0. The highest BCUT2D eigenvalue weighted by Crippen LogP contribution is 2.16. The molecule has 17 heavy (non-hydrogen) atoms. The molecule has 0 spiro atoms. The van der Waals surface area contributed by atoms with E-state index in [4.69, 9.17) is 14.7 Å². The van der Waals surface area contributed by atoms with Crippen LogP contribution in [0.5, 0.6) is 5.75 Å². The first-order valence-electron chi connectivity index (χ1n) is 5.44. The van der Waals surface area contributed by atoms with E-state index >= 15 is 0 Å². The molecule has 1 fully saturated rings. The zero-order valence-corrected chi connectivity index (χ0v) is 9.28. The molecule has 0 amide bonds. The first kappa shape index (κ1) is 11.8. The molecule has 90 valence electrons. The zero-order valence-electron chi connectivity index (χ0n) is 9.28. The molecule has 1 saturated heterocycles. The van der Waals surface area contributed by atoms with Crippen LogP contribution in [0.1, 0.15) is 5.56 Å². The average Bonchev–Trinajstić information content (AvgIpc) is 2.38. The maximum atomic E-state index is 13.3. The summed E-state index contributed by atoms with van der Waals surface area (Å²) in [5.41, 5.74) is 0.0212. The lowest BCUT2D eigenvalue weighted by atomic mass is 10.2. The van der Waals surface area contributed by atoms with Crippen LogP contribution in [0.4, 0.5) is 4.39 Å². The molecule has 5 heteroatoms. The highest BCUT2D eigenvalue weighted by Gasteiger charge is 2.14. The Kier molecular flexibility index (Phi) is 3.91. The van der Waals surface area contributed by atoms with Crippen molar-refractivity contribution in [3.8, 4) is 11.8 Å². The largest absolute Gasteiger partial charge is 0.491 e. The van der Waals surface area contributed by atoms with Gasteiger partial charge in [0.25, 0.3) is 0 Å². The van der Waals surface area contributed by atoms with Crippen molar-refractivity contribution >= 4 is 0 Å². The molecular formula is C12H13FN2O2. The number of hydrogen-bond acceptors (Lipinski definition) is 4. The van der Waals surface area contributed by atoms with Crippen molar-refractivity contribution in [1.82, 2.24) is 5.32 Å². The van der Waals surface area contributed by atoms with Crippen molar-refractivity contribution < 1.29 is 13.9 Å². The second-order valence-electron chi connectivity index (χ2n) is 3.76. The summed E-state index contributed by atoms with van der Waals surface area (Å²) in [6.07, 6.45) is -0.0116. The smallest absolute Gasteiger partial charge is 0.144 e. The molecule has 1 atom stereocenters. The second kappa shape index (κ2) is 5.62. The zero-order chi connectivity index (χ0) is 12.1. The number of ether oxygens (including phenoxy) is 2. The SMILES string of the molecule is N#Cc1ccc(OCC2CNCCO2)cc1F. The van der Waals surface area contributed by atoms with Gasteiger partial charge in [-0.25, -0.2) is 4.39 Å². The fraction of sp³-hybridized carbons (Fsp3) is 0.417. The van der Waals surface area contributed by atoms with E-state index in [1.165, 1.54) is 12.1 Å². The van der Waals surface area contributed by atoms with Gasteiger partial charge in [-0.2, -0.15) is 5.26 Å². The van der Waals surface area contributed by atoms with Crippen LogP contribution in [-0.4, -0.2) is 32.4 Å². The third-order valence-corrected chi connectivity index (χ3v) is 2.50. The van der Waals surface area contributed by atoms with Gasteiger partial charge in [0, 0.05) is 19.2 Å². The van der Waals surface area contributed by atoms with E-state index in [0.29, 0.717) is 19.0 Å². The fourth-order valence-electron chi connectivity index (χ4n) is 1.59. The molecule has 0 aromatic heterocycles. The molecule has 1 aliphatic heterocycles. The molecule has 1 aromatic carbocycles. The van der Waals surface area contributed by atoms with E-state index < -0.39 is 5.82 Å². The number of rotatable bonds is 3. The minimum absolute atomic E-state index is 0.0116. The van der Waals surface area contributed by atoms with Gasteiger partial charge in [-0.05, 0) is 12.1 Å². The highest BCUT2D eigenvalue weighted by atomic mass is 19.1. The average molecular weight is 236 g/mol. The van der Waals surface area contributed by atoms with Crippen LogP contribution in [0, 0.1) is 17.1 Å². The number of benzene rings is 1. The lowest BCUT2D eigenvalue weighted by molar-refractivity contribution is 0.000136.